The summed E-state index contributed by atoms with van der Waals surface area (Å²) in [5.74, 6) is 0.436. The Labute approximate surface area is 128 Å². The quantitative estimate of drug-likeness (QED) is 0.936. The number of nitrogens with zero attached hydrogens (tertiary/aromatic N) is 2. The third-order valence-corrected chi connectivity index (χ3v) is 6.16. The van der Waals surface area contributed by atoms with Gasteiger partial charge in [0.15, 0.2) is 0 Å². The van der Waals surface area contributed by atoms with Gasteiger partial charge in [-0.25, -0.2) is 8.42 Å². The molecule has 1 aliphatic carbocycles. The number of hydrogen-bond donors (Lipinski definition) is 1. The van der Waals surface area contributed by atoms with Gasteiger partial charge in [-0.05, 0) is 25.0 Å². The number of rotatable bonds is 4. The minimum Gasteiger partial charge on any atom is -0.253 e. The van der Waals surface area contributed by atoms with E-state index >= 15 is 0 Å². The van der Waals surface area contributed by atoms with E-state index < -0.39 is 10.0 Å². The Bertz CT molecular complexity index is 692. The van der Waals surface area contributed by atoms with Crippen LogP contribution >= 0.6 is 11.3 Å². The Balaban J connectivity index is 1.75. The van der Waals surface area contributed by atoms with Crippen molar-refractivity contribution >= 4 is 26.5 Å². The van der Waals surface area contributed by atoms with E-state index in [1.807, 2.05) is 0 Å². The minimum atomic E-state index is -3.57. The molecule has 1 aliphatic rings. The highest BCUT2D eigenvalue weighted by molar-refractivity contribution is 7.93. The van der Waals surface area contributed by atoms with Crippen molar-refractivity contribution in [3.05, 3.63) is 35.3 Å². The highest BCUT2D eigenvalue weighted by Gasteiger charge is 2.21. The van der Waals surface area contributed by atoms with E-state index in [0.717, 1.165) is 17.8 Å². The van der Waals surface area contributed by atoms with E-state index in [0.29, 0.717) is 11.0 Å². The molecule has 0 atom stereocenters. The summed E-state index contributed by atoms with van der Waals surface area (Å²) >= 11 is 1.35. The number of benzene rings is 1. The molecule has 1 aromatic heterocycles. The molecule has 0 aliphatic heterocycles. The summed E-state index contributed by atoms with van der Waals surface area (Å²) in [5, 5.41) is 9.43. The molecular weight excluding hydrogens is 306 g/mol. The van der Waals surface area contributed by atoms with Crippen molar-refractivity contribution in [2.24, 2.45) is 0 Å². The minimum absolute atomic E-state index is 0.236. The predicted molar refractivity (Wildman–Crippen MR) is 83.0 cm³/mol. The zero-order valence-corrected chi connectivity index (χ0v) is 13.2. The summed E-state index contributed by atoms with van der Waals surface area (Å²) < 4.78 is 26.9. The fraction of sp³-hybridized carbons (Fsp3) is 0.429. The zero-order chi connectivity index (χ0) is 14.7. The first kappa shape index (κ1) is 14.5. The standard InChI is InChI=1S/C14H17N3O2S2/c18-21(19,12-9-5-2-6-10-12)17-14-16-15-13(20-14)11-7-3-1-4-8-11/h2,5-6,9-11H,1,3-4,7-8H2,(H,16,17). The number of aromatic nitrogens is 2. The van der Waals surface area contributed by atoms with Crippen molar-refractivity contribution in [1.29, 1.82) is 0 Å². The Kier molecular flexibility index (Phi) is 4.21. The van der Waals surface area contributed by atoms with Crippen LogP contribution in [0, 0.1) is 0 Å². The average molecular weight is 323 g/mol. The van der Waals surface area contributed by atoms with Crippen molar-refractivity contribution in [2.75, 3.05) is 4.72 Å². The number of sulfonamides is 1. The van der Waals surface area contributed by atoms with Crippen LogP contribution in [0.25, 0.3) is 0 Å². The molecule has 0 radical (unpaired) electrons. The molecule has 1 fully saturated rings. The van der Waals surface area contributed by atoms with E-state index in [1.165, 1.54) is 30.6 Å². The normalized spacial score (nSPS) is 16.8. The third-order valence-electron chi connectivity index (χ3n) is 3.67. The van der Waals surface area contributed by atoms with Crippen LogP contribution in [0.3, 0.4) is 0 Å². The van der Waals surface area contributed by atoms with Crippen LogP contribution in [0.4, 0.5) is 5.13 Å². The number of nitrogens with one attached hydrogen (secondary N) is 1. The highest BCUT2D eigenvalue weighted by atomic mass is 32.2. The Morgan fingerprint density at radius 2 is 1.76 bits per heavy atom. The summed E-state index contributed by atoms with van der Waals surface area (Å²) in [7, 11) is -3.57. The maximum absolute atomic E-state index is 12.2. The van der Waals surface area contributed by atoms with Crippen LogP contribution in [0.5, 0.6) is 0 Å². The van der Waals surface area contributed by atoms with Crippen molar-refractivity contribution in [3.63, 3.8) is 0 Å². The van der Waals surface area contributed by atoms with Gasteiger partial charge in [0.2, 0.25) is 5.13 Å². The average Bonchev–Trinajstić information content (AvgIpc) is 2.97. The maximum atomic E-state index is 12.2. The van der Waals surface area contributed by atoms with Gasteiger partial charge in [-0.3, -0.25) is 4.72 Å². The lowest BCUT2D eigenvalue weighted by molar-refractivity contribution is 0.440. The van der Waals surface area contributed by atoms with E-state index in [-0.39, 0.29) is 4.90 Å². The monoisotopic (exact) mass is 323 g/mol. The van der Waals surface area contributed by atoms with Gasteiger partial charge in [0.1, 0.15) is 5.01 Å². The fourth-order valence-corrected chi connectivity index (χ4v) is 4.73. The number of hydrogen-bond acceptors (Lipinski definition) is 5. The summed E-state index contributed by atoms with van der Waals surface area (Å²) in [6, 6.07) is 8.30. The molecule has 2 aromatic rings. The predicted octanol–water partition coefficient (Wildman–Crippen LogP) is 3.39. The Morgan fingerprint density at radius 3 is 2.48 bits per heavy atom. The topological polar surface area (TPSA) is 72.0 Å². The van der Waals surface area contributed by atoms with Gasteiger partial charge >= 0.3 is 0 Å². The van der Waals surface area contributed by atoms with Crippen LogP contribution in [0.1, 0.15) is 43.0 Å². The van der Waals surface area contributed by atoms with Gasteiger partial charge in [0.25, 0.3) is 10.0 Å². The van der Waals surface area contributed by atoms with Crippen molar-refractivity contribution in [1.82, 2.24) is 10.2 Å². The highest BCUT2D eigenvalue weighted by Crippen LogP contribution is 2.35. The maximum Gasteiger partial charge on any atom is 0.263 e. The molecule has 0 saturated heterocycles. The molecule has 7 heteroatoms. The van der Waals surface area contributed by atoms with Gasteiger partial charge in [-0.1, -0.05) is 48.8 Å². The molecule has 21 heavy (non-hydrogen) atoms. The van der Waals surface area contributed by atoms with Gasteiger partial charge < -0.3 is 0 Å². The zero-order valence-electron chi connectivity index (χ0n) is 11.5. The van der Waals surface area contributed by atoms with Crippen LogP contribution in [-0.2, 0) is 10.0 Å². The summed E-state index contributed by atoms with van der Waals surface area (Å²) in [6.07, 6.45) is 5.97. The Hall–Kier alpha value is -1.47. The second-order valence-electron chi connectivity index (χ2n) is 5.20. The van der Waals surface area contributed by atoms with Gasteiger partial charge in [-0.2, -0.15) is 0 Å². The van der Waals surface area contributed by atoms with Gasteiger partial charge in [0, 0.05) is 5.92 Å². The first-order chi connectivity index (χ1) is 10.1. The van der Waals surface area contributed by atoms with Gasteiger partial charge in [0.05, 0.1) is 4.90 Å². The lowest BCUT2D eigenvalue weighted by atomic mass is 9.90. The lowest BCUT2D eigenvalue weighted by Gasteiger charge is -2.18. The molecule has 0 bridgehead atoms. The summed E-state index contributed by atoms with van der Waals surface area (Å²) in [5.41, 5.74) is 0. The molecule has 1 saturated carbocycles. The summed E-state index contributed by atoms with van der Waals surface area (Å²) in [4.78, 5) is 0.236. The van der Waals surface area contributed by atoms with E-state index in [4.69, 9.17) is 0 Å². The molecule has 0 spiro atoms. The SMILES string of the molecule is O=S(=O)(Nc1nnc(C2CCCCC2)s1)c1ccccc1. The molecule has 1 heterocycles. The summed E-state index contributed by atoms with van der Waals surface area (Å²) in [6.45, 7) is 0. The van der Waals surface area contributed by atoms with E-state index in [9.17, 15) is 8.42 Å². The smallest absolute Gasteiger partial charge is 0.253 e. The molecule has 112 valence electrons. The first-order valence-corrected chi connectivity index (χ1v) is 9.36. The molecule has 5 nitrogen and oxygen atoms in total. The first-order valence-electron chi connectivity index (χ1n) is 7.06. The molecule has 1 N–H and O–H groups in total. The van der Waals surface area contributed by atoms with Gasteiger partial charge in [-0.15, -0.1) is 10.2 Å². The lowest BCUT2D eigenvalue weighted by Crippen LogP contribution is -2.12. The van der Waals surface area contributed by atoms with Crippen molar-refractivity contribution in [2.45, 2.75) is 42.9 Å². The fourth-order valence-electron chi connectivity index (χ4n) is 2.56. The van der Waals surface area contributed by atoms with Crippen LogP contribution in [0.2, 0.25) is 0 Å². The van der Waals surface area contributed by atoms with Crippen LogP contribution < -0.4 is 4.72 Å². The largest absolute Gasteiger partial charge is 0.263 e. The number of anilines is 1. The van der Waals surface area contributed by atoms with E-state index in [1.54, 1.807) is 30.3 Å². The third kappa shape index (κ3) is 3.41. The molecular formula is C14H17N3O2S2. The van der Waals surface area contributed by atoms with Crippen molar-refractivity contribution < 1.29 is 8.42 Å². The molecule has 0 unspecified atom stereocenters. The van der Waals surface area contributed by atoms with Crippen molar-refractivity contribution in [3.8, 4) is 0 Å². The second-order valence-corrected chi connectivity index (χ2v) is 7.89. The Morgan fingerprint density at radius 1 is 1.05 bits per heavy atom. The molecule has 0 amide bonds. The van der Waals surface area contributed by atoms with E-state index in [2.05, 4.69) is 14.9 Å². The van der Waals surface area contributed by atoms with Crippen LogP contribution in [0.15, 0.2) is 35.2 Å². The molecule has 1 aromatic carbocycles. The molecule has 3 rings (SSSR count). The second kappa shape index (κ2) is 6.11. The van der Waals surface area contributed by atoms with Crippen LogP contribution in [-0.4, -0.2) is 18.6 Å².